The van der Waals surface area contributed by atoms with Gasteiger partial charge in [0.2, 0.25) is 0 Å². The van der Waals surface area contributed by atoms with Crippen LogP contribution in [0, 0.1) is 0 Å². The second-order valence-electron chi connectivity index (χ2n) is 5.51. The molecule has 23 heavy (non-hydrogen) atoms. The molecule has 0 bridgehead atoms. The highest BCUT2D eigenvalue weighted by molar-refractivity contribution is 5.76. The third-order valence-corrected chi connectivity index (χ3v) is 3.78. The van der Waals surface area contributed by atoms with Gasteiger partial charge in [-0.25, -0.2) is 4.79 Å². The number of rotatable bonds is 7. The van der Waals surface area contributed by atoms with Crippen LogP contribution in [0.3, 0.4) is 0 Å². The summed E-state index contributed by atoms with van der Waals surface area (Å²) >= 11 is 0. The molecule has 2 N–H and O–H groups in total. The summed E-state index contributed by atoms with van der Waals surface area (Å²) in [5.41, 5.74) is 3.08. The molecule has 2 rings (SSSR count). The number of carbonyl (C=O) groups is 1. The summed E-state index contributed by atoms with van der Waals surface area (Å²) in [5.74, 6) is 0. The smallest absolute Gasteiger partial charge is 0.319 e. The van der Waals surface area contributed by atoms with E-state index in [9.17, 15) is 4.79 Å². The summed E-state index contributed by atoms with van der Waals surface area (Å²) in [5, 5.41) is 5.84. The number of nitrogens with one attached hydrogen (secondary N) is 2. The Morgan fingerprint density at radius 3 is 2.83 bits per heavy atom. The van der Waals surface area contributed by atoms with Crippen LogP contribution in [0.1, 0.15) is 18.4 Å². The molecule has 1 aromatic carbocycles. The lowest BCUT2D eigenvalue weighted by Gasteiger charge is -2.27. The van der Waals surface area contributed by atoms with Crippen LogP contribution in [0.2, 0.25) is 0 Å². The zero-order valence-electron chi connectivity index (χ0n) is 13.8. The predicted octanol–water partition coefficient (Wildman–Crippen LogP) is 2.63. The van der Waals surface area contributed by atoms with E-state index in [-0.39, 0.29) is 6.03 Å². The minimum atomic E-state index is -0.187. The first kappa shape index (κ1) is 17.1. The molecule has 1 aliphatic rings. The molecule has 0 heterocycles. The van der Waals surface area contributed by atoms with Crippen molar-refractivity contribution in [1.29, 1.82) is 0 Å². The number of carbonyl (C=O) groups excluding carboxylic acids is 1. The third-order valence-electron chi connectivity index (χ3n) is 3.78. The molecule has 0 spiro atoms. The van der Waals surface area contributed by atoms with Crippen molar-refractivity contribution < 1.29 is 9.53 Å². The number of methoxy groups -OCH3 is 1. The minimum Gasteiger partial charge on any atom is -0.383 e. The highest BCUT2D eigenvalue weighted by Crippen LogP contribution is 2.19. The SMILES string of the molecule is COCCN(C)C1=C(NC(=O)NCc2ccccc2)C=CCC1. The van der Waals surface area contributed by atoms with Crippen molar-refractivity contribution in [3.8, 4) is 0 Å². The van der Waals surface area contributed by atoms with Gasteiger partial charge in [-0.05, 0) is 24.5 Å². The van der Waals surface area contributed by atoms with Gasteiger partial charge < -0.3 is 20.3 Å². The molecule has 0 saturated carbocycles. The van der Waals surface area contributed by atoms with Crippen molar-refractivity contribution in [2.75, 3.05) is 27.3 Å². The molecule has 0 saturated heterocycles. The van der Waals surface area contributed by atoms with Crippen LogP contribution in [0.15, 0.2) is 53.9 Å². The van der Waals surface area contributed by atoms with E-state index in [4.69, 9.17) is 4.74 Å². The average molecular weight is 315 g/mol. The molecule has 5 nitrogen and oxygen atoms in total. The zero-order valence-corrected chi connectivity index (χ0v) is 13.8. The molecule has 0 atom stereocenters. The molecule has 2 amide bonds. The van der Waals surface area contributed by atoms with E-state index in [1.807, 2.05) is 43.5 Å². The van der Waals surface area contributed by atoms with Crippen molar-refractivity contribution in [1.82, 2.24) is 15.5 Å². The van der Waals surface area contributed by atoms with E-state index in [1.54, 1.807) is 7.11 Å². The van der Waals surface area contributed by atoms with Crippen molar-refractivity contribution in [2.24, 2.45) is 0 Å². The number of allylic oxidation sites excluding steroid dienone is 3. The first-order chi connectivity index (χ1) is 11.2. The standard InChI is InChI=1S/C18H25N3O2/c1-21(12-13-23-2)17-11-7-6-10-16(17)20-18(22)19-14-15-8-4-3-5-9-15/h3-6,8-10H,7,11-14H2,1-2H3,(H2,19,20,22). The molecular weight excluding hydrogens is 290 g/mol. The van der Waals surface area contributed by atoms with Gasteiger partial charge in [0.05, 0.1) is 12.3 Å². The molecule has 0 aromatic heterocycles. The van der Waals surface area contributed by atoms with E-state index in [0.29, 0.717) is 13.2 Å². The summed E-state index contributed by atoms with van der Waals surface area (Å²) in [6, 6.07) is 9.68. The van der Waals surface area contributed by atoms with Crippen LogP contribution in [0.5, 0.6) is 0 Å². The van der Waals surface area contributed by atoms with Crippen molar-refractivity contribution in [2.45, 2.75) is 19.4 Å². The number of amides is 2. The number of hydrogen-bond donors (Lipinski definition) is 2. The van der Waals surface area contributed by atoms with Gasteiger partial charge >= 0.3 is 6.03 Å². The number of benzene rings is 1. The van der Waals surface area contributed by atoms with Crippen molar-refractivity contribution in [3.05, 3.63) is 59.4 Å². The maximum Gasteiger partial charge on any atom is 0.319 e. The summed E-state index contributed by atoms with van der Waals surface area (Å²) in [6.45, 7) is 1.98. The highest BCUT2D eigenvalue weighted by Gasteiger charge is 2.14. The topological polar surface area (TPSA) is 53.6 Å². The third kappa shape index (κ3) is 5.45. The number of hydrogen-bond acceptors (Lipinski definition) is 3. The van der Waals surface area contributed by atoms with Crippen molar-refractivity contribution >= 4 is 6.03 Å². The second-order valence-corrected chi connectivity index (χ2v) is 5.51. The van der Waals surface area contributed by atoms with Crippen LogP contribution >= 0.6 is 0 Å². The van der Waals surface area contributed by atoms with Crippen LogP contribution in [-0.4, -0.2) is 38.2 Å². The maximum atomic E-state index is 12.1. The summed E-state index contributed by atoms with van der Waals surface area (Å²) in [4.78, 5) is 14.3. The van der Waals surface area contributed by atoms with E-state index < -0.39 is 0 Å². The van der Waals surface area contributed by atoms with E-state index in [1.165, 1.54) is 0 Å². The van der Waals surface area contributed by atoms with Gasteiger partial charge in [-0.3, -0.25) is 0 Å². The maximum absolute atomic E-state index is 12.1. The van der Waals surface area contributed by atoms with E-state index in [2.05, 4.69) is 21.6 Å². The number of urea groups is 1. The summed E-state index contributed by atoms with van der Waals surface area (Å²) < 4.78 is 5.13. The monoisotopic (exact) mass is 315 g/mol. The fraction of sp³-hybridized carbons (Fsp3) is 0.389. The normalized spacial score (nSPS) is 13.8. The van der Waals surface area contributed by atoms with Gasteiger partial charge in [-0.2, -0.15) is 0 Å². The molecule has 5 heteroatoms. The fourth-order valence-electron chi connectivity index (χ4n) is 2.47. The molecule has 1 aromatic rings. The number of likely N-dealkylation sites (N-methyl/N-ethyl adjacent to an activating group) is 1. The minimum absolute atomic E-state index is 0.187. The molecular formula is C18H25N3O2. The van der Waals surface area contributed by atoms with Gasteiger partial charge in [0.15, 0.2) is 0 Å². The Morgan fingerprint density at radius 2 is 2.09 bits per heavy atom. The van der Waals surface area contributed by atoms with Gasteiger partial charge in [-0.15, -0.1) is 0 Å². The fourth-order valence-corrected chi connectivity index (χ4v) is 2.47. The summed E-state index contributed by atoms with van der Waals surface area (Å²) in [6.07, 6.45) is 5.97. The van der Waals surface area contributed by atoms with Gasteiger partial charge in [0, 0.05) is 32.9 Å². The molecule has 0 radical (unpaired) electrons. The Balaban J connectivity index is 1.93. The number of ether oxygens (including phenoxy) is 1. The first-order valence-electron chi connectivity index (χ1n) is 7.89. The van der Waals surface area contributed by atoms with Crippen LogP contribution in [0.25, 0.3) is 0 Å². The van der Waals surface area contributed by atoms with Crippen LogP contribution in [-0.2, 0) is 11.3 Å². The van der Waals surface area contributed by atoms with E-state index in [0.717, 1.165) is 36.3 Å². The lowest BCUT2D eigenvalue weighted by Crippen LogP contribution is -2.37. The molecule has 0 aliphatic heterocycles. The van der Waals surface area contributed by atoms with Crippen LogP contribution < -0.4 is 10.6 Å². The Bertz CT molecular complexity index is 567. The number of nitrogens with zero attached hydrogens (tertiary/aromatic N) is 1. The molecule has 0 unspecified atom stereocenters. The Labute approximate surface area is 138 Å². The lowest BCUT2D eigenvalue weighted by molar-refractivity contribution is 0.171. The molecule has 1 aliphatic carbocycles. The second kappa shape index (κ2) is 9.00. The van der Waals surface area contributed by atoms with Crippen molar-refractivity contribution in [3.63, 3.8) is 0 Å². The van der Waals surface area contributed by atoms with Gasteiger partial charge in [0.1, 0.15) is 0 Å². The first-order valence-corrected chi connectivity index (χ1v) is 7.89. The van der Waals surface area contributed by atoms with Gasteiger partial charge in [0.25, 0.3) is 0 Å². The van der Waals surface area contributed by atoms with Gasteiger partial charge in [-0.1, -0.05) is 36.4 Å². The highest BCUT2D eigenvalue weighted by atomic mass is 16.5. The Kier molecular flexibility index (Phi) is 6.69. The van der Waals surface area contributed by atoms with E-state index >= 15 is 0 Å². The summed E-state index contributed by atoms with van der Waals surface area (Å²) in [7, 11) is 3.72. The Morgan fingerprint density at radius 1 is 1.30 bits per heavy atom. The average Bonchev–Trinajstić information content (AvgIpc) is 2.59. The predicted molar refractivity (Wildman–Crippen MR) is 91.7 cm³/mol. The molecule has 124 valence electrons. The lowest BCUT2D eigenvalue weighted by atomic mass is 10.1. The largest absolute Gasteiger partial charge is 0.383 e. The quantitative estimate of drug-likeness (QED) is 0.813. The zero-order chi connectivity index (χ0) is 16.5. The Hall–Kier alpha value is -2.27. The van der Waals surface area contributed by atoms with Crippen LogP contribution in [0.4, 0.5) is 4.79 Å². The molecule has 0 fully saturated rings.